The summed E-state index contributed by atoms with van der Waals surface area (Å²) in [6.45, 7) is 1.76. The minimum atomic E-state index is -0.673. The monoisotopic (exact) mass is 504 g/mol. The average Bonchev–Trinajstić information content (AvgIpc) is 3.02. The first-order chi connectivity index (χ1) is 13.8. The van der Waals surface area contributed by atoms with Crippen LogP contribution in [0.5, 0.6) is 0 Å². The topological polar surface area (TPSA) is 89.6 Å². The van der Waals surface area contributed by atoms with E-state index >= 15 is 0 Å². The number of methoxy groups -OCH3 is 1. The molecule has 1 aromatic carbocycles. The lowest BCUT2D eigenvalue weighted by Gasteiger charge is -2.39. The number of aromatic nitrogens is 1. The molecule has 1 aliphatic rings. The van der Waals surface area contributed by atoms with Crippen LogP contribution in [0.15, 0.2) is 34.8 Å². The zero-order valence-corrected chi connectivity index (χ0v) is 18.7. The molecule has 10 heteroatoms. The van der Waals surface area contributed by atoms with Crippen LogP contribution in [0.1, 0.15) is 34.2 Å². The van der Waals surface area contributed by atoms with Gasteiger partial charge in [0, 0.05) is 18.0 Å². The van der Waals surface area contributed by atoms with Crippen LogP contribution in [0.25, 0.3) is 0 Å². The second-order valence-corrected chi connectivity index (χ2v) is 8.26. The fourth-order valence-electron chi connectivity index (χ4n) is 3.08. The summed E-state index contributed by atoms with van der Waals surface area (Å²) in [6, 6.07) is 7.61. The molecule has 4 atom stereocenters. The molecule has 29 heavy (non-hydrogen) atoms. The molecule has 0 saturated carbocycles. The third-order valence-corrected chi connectivity index (χ3v) is 5.59. The van der Waals surface area contributed by atoms with Gasteiger partial charge in [0.25, 0.3) is 5.91 Å². The van der Waals surface area contributed by atoms with Gasteiger partial charge in [-0.15, -0.1) is 0 Å². The summed E-state index contributed by atoms with van der Waals surface area (Å²) in [5.74, 6) is -0.991. The highest BCUT2D eigenvalue weighted by molar-refractivity contribution is 9.10. The maximum absolute atomic E-state index is 12.7. The molecule has 1 amide bonds. The number of amides is 1. The summed E-state index contributed by atoms with van der Waals surface area (Å²) in [7, 11) is 1.50. The van der Waals surface area contributed by atoms with Gasteiger partial charge >= 0.3 is 5.97 Å². The largest absolute Gasteiger partial charge is 0.456 e. The number of carbonyl (C=O) groups is 2. The van der Waals surface area contributed by atoms with Crippen molar-refractivity contribution in [2.75, 3.05) is 7.11 Å². The first-order valence-electron chi connectivity index (χ1n) is 8.78. The second kappa shape index (κ2) is 9.49. The molecular weight excluding hydrogens is 487 g/mol. The third-order valence-electron chi connectivity index (χ3n) is 4.56. The molecular formula is C19H19BrCl2N2O5. The van der Waals surface area contributed by atoms with E-state index < -0.39 is 36.4 Å². The van der Waals surface area contributed by atoms with Gasteiger partial charge < -0.3 is 24.5 Å². The highest BCUT2D eigenvalue weighted by atomic mass is 79.9. The summed E-state index contributed by atoms with van der Waals surface area (Å²) in [6.07, 6.45) is -1.46. The molecule has 0 radical (unpaired) electrons. The molecule has 1 aromatic heterocycles. The van der Waals surface area contributed by atoms with Crippen molar-refractivity contribution in [3.05, 3.63) is 56.2 Å². The van der Waals surface area contributed by atoms with E-state index in [1.54, 1.807) is 31.2 Å². The number of carbonyl (C=O) groups excluding carboxylic acids is 2. The van der Waals surface area contributed by atoms with Crippen molar-refractivity contribution in [3.63, 3.8) is 0 Å². The third kappa shape index (κ3) is 5.32. The number of rotatable bonds is 5. The first-order valence-corrected chi connectivity index (χ1v) is 10.3. The quantitative estimate of drug-likeness (QED) is 0.594. The van der Waals surface area contributed by atoms with E-state index in [0.29, 0.717) is 5.56 Å². The van der Waals surface area contributed by atoms with Crippen LogP contribution in [0.2, 0.25) is 10.2 Å². The zero-order chi connectivity index (χ0) is 21.1. The van der Waals surface area contributed by atoms with Gasteiger partial charge in [0.2, 0.25) is 0 Å². The van der Waals surface area contributed by atoms with E-state index in [2.05, 4.69) is 26.2 Å². The summed E-state index contributed by atoms with van der Waals surface area (Å²) >= 11 is 15.2. The van der Waals surface area contributed by atoms with Crippen molar-refractivity contribution >= 4 is 51.0 Å². The Balaban J connectivity index is 1.78. The minimum Gasteiger partial charge on any atom is -0.456 e. The number of ether oxygens (including phenoxy) is 3. The molecule has 2 heterocycles. The molecule has 0 bridgehead atoms. The van der Waals surface area contributed by atoms with Gasteiger partial charge in [-0.25, -0.2) is 4.79 Å². The Morgan fingerprint density at radius 3 is 2.55 bits per heavy atom. The van der Waals surface area contributed by atoms with E-state index in [-0.39, 0.29) is 22.3 Å². The molecule has 1 aliphatic heterocycles. The van der Waals surface area contributed by atoms with Gasteiger partial charge in [-0.2, -0.15) is 0 Å². The molecule has 2 aromatic rings. The van der Waals surface area contributed by atoms with Crippen molar-refractivity contribution < 1.29 is 23.8 Å². The molecule has 2 N–H and O–H groups in total. The fraction of sp³-hybridized carbons (Fsp3) is 0.368. The second-order valence-electron chi connectivity index (χ2n) is 6.53. The highest BCUT2D eigenvalue weighted by Crippen LogP contribution is 2.26. The smallest absolute Gasteiger partial charge is 0.338 e. The maximum atomic E-state index is 12.7. The summed E-state index contributed by atoms with van der Waals surface area (Å²) in [4.78, 5) is 28.0. The summed E-state index contributed by atoms with van der Waals surface area (Å²) < 4.78 is 17.6. The maximum Gasteiger partial charge on any atom is 0.338 e. The van der Waals surface area contributed by atoms with Crippen molar-refractivity contribution in [1.82, 2.24) is 10.3 Å². The number of halogens is 3. The standard InChI is InChI=1S/C19H19BrCl2N2O5/c1-9-16(24-18(25)17-12(21)7-14(22)23-17)13(8-15(27-2)28-9)29-19(26)10-3-5-11(20)6-4-10/h3-7,9,13,15-16,23H,8H2,1-2H3,(H,24,25)/t9-,13-,15+,16-/m1/s1. The van der Waals surface area contributed by atoms with E-state index in [4.69, 9.17) is 37.4 Å². The van der Waals surface area contributed by atoms with Crippen molar-refractivity contribution in [2.24, 2.45) is 0 Å². The predicted molar refractivity (Wildman–Crippen MR) is 111 cm³/mol. The van der Waals surface area contributed by atoms with Crippen LogP contribution in [0.4, 0.5) is 0 Å². The average molecular weight is 506 g/mol. The number of H-pyrrole nitrogens is 1. The molecule has 3 rings (SSSR count). The molecule has 0 spiro atoms. The Kier molecular flexibility index (Phi) is 7.23. The van der Waals surface area contributed by atoms with Crippen LogP contribution >= 0.6 is 39.1 Å². The number of hydrogen-bond donors (Lipinski definition) is 2. The van der Waals surface area contributed by atoms with Crippen molar-refractivity contribution in [3.8, 4) is 0 Å². The fourth-order valence-corrected chi connectivity index (χ4v) is 3.85. The predicted octanol–water partition coefficient (Wildman–Crippen LogP) is 4.19. The first kappa shape index (κ1) is 22.1. The number of benzene rings is 1. The lowest BCUT2D eigenvalue weighted by Crippen LogP contribution is -2.57. The van der Waals surface area contributed by atoms with Crippen molar-refractivity contribution in [1.29, 1.82) is 0 Å². The normalized spacial score (nSPS) is 24.2. The van der Waals surface area contributed by atoms with Crippen LogP contribution in [-0.2, 0) is 14.2 Å². The Bertz CT molecular complexity index is 889. The Morgan fingerprint density at radius 1 is 1.28 bits per heavy atom. The molecule has 156 valence electrons. The molecule has 1 fully saturated rings. The molecule has 0 aliphatic carbocycles. The van der Waals surface area contributed by atoms with Gasteiger partial charge in [0.15, 0.2) is 6.29 Å². The van der Waals surface area contributed by atoms with Gasteiger partial charge in [0.1, 0.15) is 17.0 Å². The van der Waals surface area contributed by atoms with Gasteiger partial charge in [-0.3, -0.25) is 4.79 Å². The van der Waals surface area contributed by atoms with Crippen molar-refractivity contribution in [2.45, 2.75) is 37.9 Å². The Hall–Kier alpha value is -1.58. The summed E-state index contributed by atoms with van der Waals surface area (Å²) in [5.41, 5.74) is 0.515. The van der Waals surface area contributed by atoms with E-state index in [1.165, 1.54) is 13.2 Å². The Labute approximate surface area is 186 Å². The van der Waals surface area contributed by atoms with Gasteiger partial charge in [-0.1, -0.05) is 39.1 Å². The zero-order valence-electron chi connectivity index (χ0n) is 15.6. The molecule has 0 unspecified atom stereocenters. The SMILES string of the molecule is CO[C@@H]1C[C@@H](OC(=O)c2ccc(Br)cc2)[C@H](NC(=O)c2[nH]c(Cl)cc2Cl)[C@@H](C)O1. The number of aromatic amines is 1. The summed E-state index contributed by atoms with van der Waals surface area (Å²) in [5, 5.41) is 3.25. The van der Waals surface area contributed by atoms with E-state index in [0.717, 1.165) is 4.47 Å². The number of hydrogen-bond acceptors (Lipinski definition) is 5. The minimum absolute atomic E-state index is 0.121. The van der Waals surface area contributed by atoms with Gasteiger partial charge in [0.05, 0.1) is 22.7 Å². The van der Waals surface area contributed by atoms with Crippen LogP contribution in [0, 0.1) is 0 Å². The number of esters is 1. The molecule has 7 nitrogen and oxygen atoms in total. The van der Waals surface area contributed by atoms with Crippen LogP contribution < -0.4 is 5.32 Å². The molecule has 1 saturated heterocycles. The van der Waals surface area contributed by atoms with Crippen LogP contribution in [-0.4, -0.2) is 48.5 Å². The Morgan fingerprint density at radius 2 is 1.97 bits per heavy atom. The lowest BCUT2D eigenvalue weighted by atomic mass is 9.98. The van der Waals surface area contributed by atoms with E-state index in [1.807, 2.05) is 0 Å². The van der Waals surface area contributed by atoms with Gasteiger partial charge in [-0.05, 0) is 37.3 Å². The van der Waals surface area contributed by atoms with E-state index in [9.17, 15) is 9.59 Å². The van der Waals surface area contributed by atoms with Crippen LogP contribution in [0.3, 0.4) is 0 Å². The highest BCUT2D eigenvalue weighted by Gasteiger charge is 2.40. The number of nitrogens with one attached hydrogen (secondary N) is 2. The lowest BCUT2D eigenvalue weighted by molar-refractivity contribution is -0.208.